The van der Waals surface area contributed by atoms with Gasteiger partial charge in [0, 0.05) is 50.3 Å². The van der Waals surface area contributed by atoms with E-state index in [0.717, 1.165) is 45.1 Å². The van der Waals surface area contributed by atoms with E-state index >= 15 is 0 Å². The molecule has 1 atom stereocenters. The Bertz CT molecular complexity index is 1660. The Balaban J connectivity index is 1.37. The first-order chi connectivity index (χ1) is 22.2. The molecule has 1 saturated carbocycles. The van der Waals surface area contributed by atoms with Crippen LogP contribution in [0.4, 0.5) is 9.59 Å². The number of carbonyl (C=O) groups excluding carboxylic acids is 2. The molecular weight excluding hydrogens is 562 g/mol. The number of fused-ring (bicyclic) bond motifs is 1. The molecule has 0 radical (unpaired) electrons. The van der Waals surface area contributed by atoms with Crippen molar-refractivity contribution in [2.75, 3.05) is 26.7 Å². The Labute approximate surface area is 262 Å². The van der Waals surface area contributed by atoms with Crippen molar-refractivity contribution in [1.82, 2.24) is 24.5 Å². The number of amides is 2. The van der Waals surface area contributed by atoms with Gasteiger partial charge in [-0.2, -0.15) is 0 Å². The summed E-state index contributed by atoms with van der Waals surface area (Å²) < 4.78 is 46.8. The first-order valence-corrected chi connectivity index (χ1v) is 15.4. The summed E-state index contributed by atoms with van der Waals surface area (Å²) in [7, 11) is -2.44. The molecule has 4 heterocycles. The van der Waals surface area contributed by atoms with Gasteiger partial charge < -0.3 is 28.2 Å². The lowest BCUT2D eigenvalue weighted by Crippen LogP contribution is -2.45. The molecule has 0 spiro atoms. The first kappa shape index (κ1) is 26.5. The minimum atomic E-state index is -2.44. The van der Waals surface area contributed by atoms with Crippen LogP contribution in [-0.2, 0) is 14.2 Å². The van der Waals surface area contributed by atoms with E-state index in [-0.39, 0.29) is 24.8 Å². The quantitative estimate of drug-likeness (QED) is 0.309. The Morgan fingerprint density at radius 1 is 1.14 bits per heavy atom. The van der Waals surface area contributed by atoms with Crippen molar-refractivity contribution in [2.24, 2.45) is 0 Å². The normalized spacial score (nSPS) is 24.4. The highest BCUT2D eigenvalue weighted by Gasteiger charge is 2.39. The first-order valence-electron chi connectivity index (χ1n) is 16.9. The molecule has 11 nitrogen and oxygen atoms in total. The fourth-order valence-corrected chi connectivity index (χ4v) is 6.72. The Morgan fingerprint density at radius 3 is 2.59 bits per heavy atom. The van der Waals surface area contributed by atoms with Gasteiger partial charge >= 0.3 is 12.2 Å². The minimum Gasteiger partial charge on any atom is -0.449 e. The summed E-state index contributed by atoms with van der Waals surface area (Å²) in [5, 5.41) is 4.13. The summed E-state index contributed by atoms with van der Waals surface area (Å²) in [5.74, 6) is 1.48. The Morgan fingerprint density at radius 2 is 1.93 bits per heavy atom. The zero-order chi connectivity index (χ0) is 33.7. The average molecular weight is 609 g/mol. The van der Waals surface area contributed by atoms with E-state index in [1.54, 1.807) is 9.80 Å². The van der Waals surface area contributed by atoms with E-state index in [2.05, 4.69) is 15.8 Å². The number of rotatable bonds is 5. The number of aryl methyl sites for hydroxylation is 2. The van der Waals surface area contributed by atoms with Crippen molar-refractivity contribution < 1.29 is 32.4 Å². The number of methoxy groups -OCH3 is 1. The highest BCUT2D eigenvalue weighted by molar-refractivity contribution is 5.84. The van der Waals surface area contributed by atoms with E-state index in [1.807, 2.05) is 52.8 Å². The molecule has 3 aromatic rings. The molecule has 1 aliphatic carbocycles. The molecule has 0 N–H and O–H groups in total. The third-order valence-corrected chi connectivity index (χ3v) is 8.78. The number of ether oxygens (including phenoxy) is 3. The van der Waals surface area contributed by atoms with Crippen LogP contribution < -0.4 is 0 Å². The summed E-state index contributed by atoms with van der Waals surface area (Å²) in [4.78, 5) is 34.7. The van der Waals surface area contributed by atoms with Crippen LogP contribution in [0.5, 0.6) is 0 Å². The number of carbonyl (C=O) groups is 2. The molecule has 2 aliphatic heterocycles. The number of aromatic nitrogens is 3. The topological polar surface area (TPSA) is 112 Å². The molecule has 44 heavy (non-hydrogen) atoms. The molecule has 2 aromatic heterocycles. The Kier molecular flexibility index (Phi) is 7.18. The molecule has 236 valence electrons. The maximum Gasteiger partial charge on any atom is 0.414 e. The maximum absolute atomic E-state index is 13.5. The summed E-state index contributed by atoms with van der Waals surface area (Å²) in [6.45, 7) is 10.3. The number of cyclic esters (lactones) is 1. The van der Waals surface area contributed by atoms with Gasteiger partial charge in [-0.15, -0.1) is 0 Å². The van der Waals surface area contributed by atoms with Gasteiger partial charge in [-0.25, -0.2) is 14.6 Å². The van der Waals surface area contributed by atoms with Crippen molar-refractivity contribution in [3.05, 3.63) is 47.3 Å². The molecule has 1 saturated heterocycles. The van der Waals surface area contributed by atoms with Crippen molar-refractivity contribution in [3.8, 4) is 11.1 Å². The fourth-order valence-electron chi connectivity index (χ4n) is 6.72. The molecule has 0 unspecified atom stereocenters. The van der Waals surface area contributed by atoms with E-state index < -0.39 is 24.8 Å². The van der Waals surface area contributed by atoms with Gasteiger partial charge in [0.05, 0.1) is 33.6 Å². The van der Waals surface area contributed by atoms with Crippen LogP contribution in [0.25, 0.3) is 22.2 Å². The molecule has 0 bridgehead atoms. The monoisotopic (exact) mass is 608 g/mol. The number of imidazole rings is 1. The largest absolute Gasteiger partial charge is 0.449 e. The minimum absolute atomic E-state index is 0.0270. The molecule has 2 amide bonds. The van der Waals surface area contributed by atoms with Crippen LogP contribution in [0, 0.1) is 13.8 Å². The van der Waals surface area contributed by atoms with Gasteiger partial charge in [-0.3, -0.25) is 4.90 Å². The van der Waals surface area contributed by atoms with E-state index in [1.165, 1.54) is 0 Å². The molecule has 11 heteroatoms. The van der Waals surface area contributed by atoms with Crippen LogP contribution >= 0.6 is 0 Å². The van der Waals surface area contributed by atoms with E-state index in [0.29, 0.717) is 51.6 Å². The predicted octanol–water partition coefficient (Wildman–Crippen LogP) is 6.85. The summed E-state index contributed by atoms with van der Waals surface area (Å²) in [6, 6.07) is 5.76. The highest BCUT2D eigenvalue weighted by atomic mass is 16.6. The second-order valence-corrected chi connectivity index (χ2v) is 13.0. The van der Waals surface area contributed by atoms with Gasteiger partial charge in [0.1, 0.15) is 23.2 Å². The van der Waals surface area contributed by atoms with Crippen LogP contribution in [0.3, 0.4) is 0 Å². The van der Waals surface area contributed by atoms with E-state index in [9.17, 15) is 9.59 Å². The van der Waals surface area contributed by atoms with Crippen LogP contribution in [0.1, 0.15) is 92.8 Å². The zero-order valence-electron chi connectivity index (χ0n) is 29.1. The molecule has 1 aromatic carbocycles. The van der Waals surface area contributed by atoms with Gasteiger partial charge in [-0.1, -0.05) is 11.2 Å². The summed E-state index contributed by atoms with van der Waals surface area (Å²) in [6.07, 6.45) is 4.32. The smallest absolute Gasteiger partial charge is 0.414 e. The second kappa shape index (κ2) is 11.9. The lowest BCUT2D eigenvalue weighted by molar-refractivity contribution is 0.0243. The zero-order valence-corrected chi connectivity index (χ0v) is 26.1. The predicted molar refractivity (Wildman–Crippen MR) is 164 cm³/mol. The van der Waals surface area contributed by atoms with Crippen molar-refractivity contribution in [1.29, 1.82) is 0 Å². The standard InChI is InChI=1S/C33H43N5O6/c1-20-29(21(2)44-35-20)22-7-12-27-26(19-22)34-30(37(27)23-8-10-25(41-6)11-9-23)28-15-18-42-32(40)38(28)24-13-16-36(17-14-24)31(39)43-33(3,4)5/h7,12-13,19,23,25,28H,8-11,14-18H2,1-6H3/t23?,25?,28-/m0/s1/i6D3. The van der Waals surface area contributed by atoms with Crippen molar-refractivity contribution >= 4 is 23.2 Å². The van der Waals surface area contributed by atoms with Gasteiger partial charge in [0.15, 0.2) is 0 Å². The van der Waals surface area contributed by atoms with E-state index in [4.69, 9.17) is 27.8 Å². The van der Waals surface area contributed by atoms with Crippen molar-refractivity contribution in [3.63, 3.8) is 0 Å². The van der Waals surface area contributed by atoms with Gasteiger partial charge in [0.2, 0.25) is 0 Å². The van der Waals surface area contributed by atoms with Crippen LogP contribution in [0.15, 0.2) is 34.5 Å². The molecule has 3 aliphatic rings. The Hall–Kier alpha value is -3.86. The van der Waals surface area contributed by atoms with Gasteiger partial charge in [-0.05, 0) is 84.1 Å². The lowest BCUT2D eigenvalue weighted by Gasteiger charge is -2.40. The number of nitrogens with zero attached hydrogens (tertiary/aromatic N) is 5. The highest BCUT2D eigenvalue weighted by Crippen LogP contribution is 2.41. The van der Waals surface area contributed by atoms with Gasteiger partial charge in [0.25, 0.3) is 0 Å². The summed E-state index contributed by atoms with van der Waals surface area (Å²) >= 11 is 0. The maximum atomic E-state index is 13.5. The number of hydrogen-bond donors (Lipinski definition) is 0. The molecular formula is C33H43N5O6. The third-order valence-electron chi connectivity index (χ3n) is 8.78. The molecule has 6 rings (SSSR count). The lowest BCUT2D eigenvalue weighted by atomic mass is 9.92. The fraction of sp³-hybridized carbons (Fsp3) is 0.576. The summed E-state index contributed by atoms with van der Waals surface area (Å²) in [5.41, 5.74) is 4.55. The van der Waals surface area contributed by atoms with Crippen LogP contribution in [-0.4, -0.2) is 75.1 Å². The van der Waals surface area contributed by atoms with Crippen LogP contribution in [0.2, 0.25) is 0 Å². The second-order valence-electron chi connectivity index (χ2n) is 13.0. The number of benzene rings is 1. The number of hydrogen-bond acceptors (Lipinski definition) is 8. The average Bonchev–Trinajstić information content (AvgIpc) is 3.54. The van der Waals surface area contributed by atoms with Crippen molar-refractivity contribution in [2.45, 2.75) is 96.9 Å². The third kappa shape index (κ3) is 5.81. The SMILES string of the molecule is [2H]C([2H])([2H])OC1CCC(n2c([C@@H]3CCOC(=O)N3C3=CCN(C(=O)OC(C)(C)C)CC3)nc3cc(-c4c(C)noc4C)ccc32)CC1. The molecule has 2 fully saturated rings.